The Hall–Kier alpha value is -6.20. The number of carbonyl (C=O) groups excluding carboxylic acids is 4. The SMILES string of the molecule is Cc1ccc(C(=O)CC2CC2)cc1NC(=O)c1ccc(-c2ccc(NS(C)(=O)=O)cc2)s1.[C-]#[N+]c1ccc(-c2ccc(C(=O)Nc3cc(C(=O)CC4CC4)ccc3C)s2)cc1. The van der Waals surface area contributed by atoms with Crippen molar-refractivity contribution in [3.05, 3.63) is 153 Å². The predicted molar refractivity (Wildman–Crippen MR) is 246 cm³/mol. The molecule has 0 aliphatic heterocycles. The zero-order chi connectivity index (χ0) is 43.3. The fraction of sp³-hybridized carbons (Fsp3) is 0.229. The first-order valence-corrected chi connectivity index (χ1v) is 23.4. The fourth-order valence-corrected chi connectivity index (χ4v) is 8.86. The lowest BCUT2D eigenvalue weighted by atomic mass is 10.0. The predicted octanol–water partition coefficient (Wildman–Crippen LogP) is 11.8. The second-order valence-corrected chi connectivity index (χ2v) is 19.5. The Labute approximate surface area is 363 Å². The lowest BCUT2D eigenvalue weighted by molar-refractivity contribution is 0.0968. The standard InChI is InChI=1S/C24H24N2O4S2.C24H20N2O2S/c1-15-3-6-18(21(27)13-16-4-5-16)14-20(15)25-24(28)23-12-11-22(31-23)17-7-9-19(10-8-17)26-32(2,29)30;1-15-3-6-18(21(27)13-16-4-5-16)14-20(15)26-24(28)23-12-11-22(29-23)17-7-9-19(25-2)10-8-17/h3,6-12,14,16,26H,4-5,13H2,1-2H3,(H,25,28);3,6-12,14,16H,4-5,13H2,1H3,(H,26,28). The van der Waals surface area contributed by atoms with Crippen LogP contribution in [0.15, 0.2) is 109 Å². The number of benzene rings is 4. The zero-order valence-electron chi connectivity index (χ0n) is 33.9. The number of hydrogen-bond donors (Lipinski definition) is 3. The monoisotopic (exact) mass is 868 g/mol. The molecule has 2 aliphatic rings. The molecular weight excluding hydrogens is 825 g/mol. The third-order valence-corrected chi connectivity index (χ3v) is 13.2. The Morgan fingerprint density at radius 1 is 0.623 bits per heavy atom. The van der Waals surface area contributed by atoms with Crippen LogP contribution >= 0.6 is 22.7 Å². The number of sulfonamides is 1. The third kappa shape index (κ3) is 11.8. The van der Waals surface area contributed by atoms with E-state index in [2.05, 4.69) is 20.2 Å². The highest BCUT2D eigenvalue weighted by Gasteiger charge is 2.26. The largest absolute Gasteiger partial charge is 0.321 e. The van der Waals surface area contributed by atoms with Crippen molar-refractivity contribution in [3.63, 3.8) is 0 Å². The molecule has 3 N–H and O–H groups in total. The summed E-state index contributed by atoms with van der Waals surface area (Å²) in [6.07, 6.45) is 6.80. The van der Waals surface area contributed by atoms with Gasteiger partial charge in [0.2, 0.25) is 10.0 Å². The van der Waals surface area contributed by atoms with E-state index in [1.807, 2.05) is 62.4 Å². The molecule has 0 atom stereocenters. The van der Waals surface area contributed by atoms with Gasteiger partial charge >= 0.3 is 0 Å². The molecule has 2 heterocycles. The summed E-state index contributed by atoms with van der Waals surface area (Å²) in [5.41, 5.74) is 7.36. The molecular formula is C48H44N4O6S3. The van der Waals surface area contributed by atoms with Crippen molar-refractivity contribution in [2.45, 2.75) is 52.4 Å². The summed E-state index contributed by atoms with van der Waals surface area (Å²) in [6, 6.07) is 32.6. The lowest BCUT2D eigenvalue weighted by Crippen LogP contribution is -2.12. The van der Waals surface area contributed by atoms with Crippen molar-refractivity contribution in [2.24, 2.45) is 11.8 Å². The van der Waals surface area contributed by atoms with Crippen molar-refractivity contribution < 1.29 is 27.6 Å². The average Bonchev–Trinajstić information content (AvgIpc) is 4.13. The minimum Gasteiger partial charge on any atom is -0.321 e. The van der Waals surface area contributed by atoms with Crippen LogP contribution < -0.4 is 15.4 Å². The van der Waals surface area contributed by atoms with Crippen molar-refractivity contribution in [1.29, 1.82) is 0 Å². The summed E-state index contributed by atoms with van der Waals surface area (Å²) in [6.45, 7) is 10.9. The van der Waals surface area contributed by atoms with Crippen molar-refractivity contribution in [1.82, 2.24) is 0 Å². The van der Waals surface area contributed by atoms with Crippen LogP contribution in [0.1, 0.15) is 89.7 Å². The van der Waals surface area contributed by atoms with Gasteiger partial charge in [0.05, 0.1) is 22.6 Å². The highest BCUT2D eigenvalue weighted by atomic mass is 32.2. The molecule has 0 unspecified atom stereocenters. The molecule has 61 heavy (non-hydrogen) atoms. The maximum Gasteiger partial charge on any atom is 0.265 e. The molecule has 2 amide bonds. The molecule has 2 aromatic heterocycles. The van der Waals surface area contributed by atoms with Gasteiger partial charge < -0.3 is 10.6 Å². The van der Waals surface area contributed by atoms with E-state index in [1.165, 1.54) is 22.7 Å². The molecule has 13 heteroatoms. The number of rotatable bonds is 14. The van der Waals surface area contributed by atoms with Crippen LogP contribution in [0.3, 0.4) is 0 Å². The molecule has 2 saturated carbocycles. The molecule has 8 rings (SSSR count). The van der Waals surface area contributed by atoms with Gasteiger partial charge in [0.25, 0.3) is 11.8 Å². The molecule has 2 aliphatic carbocycles. The van der Waals surface area contributed by atoms with Crippen molar-refractivity contribution in [3.8, 4) is 20.9 Å². The van der Waals surface area contributed by atoms with Gasteiger partial charge in [-0.1, -0.05) is 60.7 Å². The van der Waals surface area contributed by atoms with Gasteiger partial charge in [0, 0.05) is 50.8 Å². The Bertz CT molecular complexity index is 2770. The van der Waals surface area contributed by atoms with Gasteiger partial charge in [-0.2, -0.15) is 0 Å². The minimum atomic E-state index is -3.33. The third-order valence-electron chi connectivity index (χ3n) is 10.4. The van der Waals surface area contributed by atoms with Gasteiger partial charge in [0.1, 0.15) is 0 Å². The number of thiophene rings is 2. The number of ketones is 2. The summed E-state index contributed by atoms with van der Waals surface area (Å²) >= 11 is 2.75. The quantitative estimate of drug-likeness (QED) is 0.0735. The highest BCUT2D eigenvalue weighted by molar-refractivity contribution is 7.92. The molecule has 0 spiro atoms. The Kier molecular flexibility index (Phi) is 13.1. The van der Waals surface area contributed by atoms with Crippen LogP contribution in [0.2, 0.25) is 0 Å². The van der Waals surface area contributed by atoms with Gasteiger partial charge in [0.15, 0.2) is 17.3 Å². The number of nitrogens with zero attached hydrogens (tertiary/aromatic N) is 1. The van der Waals surface area contributed by atoms with Crippen molar-refractivity contribution in [2.75, 3.05) is 21.6 Å². The van der Waals surface area contributed by atoms with Crippen LogP contribution in [0, 0.1) is 32.3 Å². The first-order valence-electron chi connectivity index (χ1n) is 19.9. The molecule has 0 saturated heterocycles. The maximum atomic E-state index is 12.8. The summed E-state index contributed by atoms with van der Waals surface area (Å²) in [4.78, 5) is 56.8. The molecule has 2 fully saturated rings. The summed E-state index contributed by atoms with van der Waals surface area (Å²) in [5.74, 6) is 0.901. The van der Waals surface area contributed by atoms with E-state index < -0.39 is 10.0 Å². The van der Waals surface area contributed by atoms with Gasteiger partial charge in [-0.15, -0.1) is 22.7 Å². The molecule has 4 aromatic carbocycles. The van der Waals surface area contributed by atoms with E-state index in [1.54, 1.807) is 60.7 Å². The topological polar surface area (TPSA) is 143 Å². The van der Waals surface area contributed by atoms with E-state index in [4.69, 9.17) is 6.57 Å². The van der Waals surface area contributed by atoms with Gasteiger partial charge in [-0.25, -0.2) is 13.3 Å². The molecule has 310 valence electrons. The number of aryl methyl sites for hydroxylation is 2. The minimum absolute atomic E-state index is 0.121. The van der Waals surface area contributed by atoms with Crippen LogP contribution in [0.25, 0.3) is 25.7 Å². The van der Waals surface area contributed by atoms with E-state index in [0.717, 1.165) is 63.9 Å². The van der Waals surface area contributed by atoms with Crippen LogP contribution in [0.4, 0.5) is 22.7 Å². The number of carbonyl (C=O) groups is 4. The van der Waals surface area contributed by atoms with Crippen LogP contribution in [-0.4, -0.2) is 38.1 Å². The first-order chi connectivity index (χ1) is 29.2. The number of amides is 2. The Morgan fingerprint density at radius 3 is 1.44 bits per heavy atom. The number of hydrogen-bond acceptors (Lipinski definition) is 8. The fourth-order valence-electron chi connectivity index (χ4n) is 6.48. The second kappa shape index (κ2) is 18.6. The Morgan fingerprint density at radius 2 is 1.05 bits per heavy atom. The average molecular weight is 869 g/mol. The number of Topliss-reactive ketones (excluding diaryl/α,β-unsaturated/α-hetero) is 2. The van der Waals surface area contributed by atoms with E-state index in [0.29, 0.717) is 68.3 Å². The number of nitrogens with one attached hydrogen (secondary N) is 3. The first kappa shape index (κ1) is 42.9. The molecule has 10 nitrogen and oxygen atoms in total. The highest BCUT2D eigenvalue weighted by Crippen LogP contribution is 2.36. The molecule has 6 aromatic rings. The van der Waals surface area contributed by atoms with E-state index in [-0.39, 0.29) is 23.4 Å². The Balaban J connectivity index is 0.000000185. The number of anilines is 3. The van der Waals surface area contributed by atoms with E-state index in [9.17, 15) is 27.6 Å². The summed E-state index contributed by atoms with van der Waals surface area (Å²) in [5, 5.41) is 5.89. The van der Waals surface area contributed by atoms with Gasteiger partial charge in [-0.05, 0) is 122 Å². The lowest BCUT2D eigenvalue weighted by Gasteiger charge is -2.10. The van der Waals surface area contributed by atoms with Gasteiger partial charge in [-0.3, -0.25) is 23.9 Å². The second-order valence-electron chi connectivity index (χ2n) is 15.5. The van der Waals surface area contributed by atoms with Crippen LogP contribution in [-0.2, 0) is 10.0 Å². The smallest absolute Gasteiger partial charge is 0.265 e. The molecule has 0 radical (unpaired) electrons. The van der Waals surface area contributed by atoms with Crippen LogP contribution in [0.5, 0.6) is 0 Å². The molecule has 0 bridgehead atoms. The zero-order valence-corrected chi connectivity index (χ0v) is 36.4. The maximum absolute atomic E-state index is 12.8. The normalized spacial score (nSPS) is 13.3. The van der Waals surface area contributed by atoms with Crippen molar-refractivity contribution >= 4 is 78.8 Å². The summed E-state index contributed by atoms with van der Waals surface area (Å²) in [7, 11) is -3.33. The summed E-state index contributed by atoms with van der Waals surface area (Å²) < 4.78 is 25.1. The van der Waals surface area contributed by atoms with E-state index >= 15 is 0 Å².